The molecule has 0 bridgehead atoms. The highest BCUT2D eigenvalue weighted by atomic mass is 14.8. The van der Waals surface area contributed by atoms with E-state index in [4.69, 9.17) is 29.9 Å². The van der Waals surface area contributed by atoms with Crippen LogP contribution in [0, 0.1) is 0 Å². The predicted molar refractivity (Wildman–Crippen MR) is 409 cm³/mol. The van der Waals surface area contributed by atoms with E-state index < -0.39 is 0 Å². The van der Waals surface area contributed by atoms with Crippen molar-refractivity contribution < 1.29 is 0 Å². The van der Waals surface area contributed by atoms with E-state index in [0.717, 1.165) is 199 Å². The van der Waals surface area contributed by atoms with Gasteiger partial charge in [0.05, 0.1) is 89.3 Å². The fourth-order valence-electron chi connectivity index (χ4n) is 13.7. The highest BCUT2D eigenvalue weighted by Gasteiger charge is 2.15. The quantitative estimate of drug-likeness (QED) is 0.136. The monoisotopic (exact) mass is 1270 g/mol. The topological polar surface area (TPSA) is 129 Å². The molecule has 0 saturated carbocycles. The molecule has 0 spiro atoms. The van der Waals surface area contributed by atoms with Crippen LogP contribution in [0.4, 0.5) is 0 Å². The second kappa shape index (κ2) is 24.2. The Kier molecular flexibility index (Phi) is 14.0. The van der Waals surface area contributed by atoms with E-state index in [0.29, 0.717) is 0 Å². The third-order valence-electron chi connectivity index (χ3n) is 19.0. The second-order valence-electron chi connectivity index (χ2n) is 25.2. The van der Waals surface area contributed by atoms with Crippen LogP contribution in [-0.4, -0.2) is 49.8 Å². The Morgan fingerprint density at radius 1 is 0.150 bits per heavy atom. The summed E-state index contributed by atoms with van der Waals surface area (Å²) < 4.78 is 0. The summed E-state index contributed by atoms with van der Waals surface area (Å²) in [6, 6.07) is 105. The SMILES string of the molecule is c1cc(-c2ccc3cc(-c4ccc5nc(-c6cnc7ccccc7c6)ccc5c4)ccc3n2)cc(-c2ccc3ccc4cccnc4c3n2)c1.c1ccc2ncc(-c3ccc4cc(-c5ccc6nc(-c7ccc(-c8ccc9ccc%10cccnc%10c9n8)cc7)ccc6c5)ccc4n3)cc2c1. The maximum atomic E-state index is 5.07. The molecule has 0 fully saturated rings. The standard InChI is InChI=1S/2C45H27N5/c1-2-9-38-32(5-1)26-37(27-47-38)43-21-16-36-24-31(14-19-41(36)49-43)30-13-18-40-35(23-30)15-20-39(48-40)33-6-3-7-34(25-33)42-17-12-29-11-10-28-8-4-22-46-44(28)45(29)50-42;1-2-6-38-34(4-1)26-37(27-47-38)43-22-17-36-25-33(15-20-42(36)49-43)32-14-19-41-35(24-32)16-21-39(48-41)28-7-9-29(10-8-28)40-18-13-31-12-11-30-5-3-23-46-44(30)45(31)50-40/h2*1-27H. The van der Waals surface area contributed by atoms with Crippen LogP contribution in [0.25, 0.3) is 199 Å². The average molecular weight is 1280 g/mol. The number of nitrogens with zero attached hydrogens (tertiary/aromatic N) is 10. The van der Waals surface area contributed by atoms with Gasteiger partial charge in [0.2, 0.25) is 0 Å². The van der Waals surface area contributed by atoms with E-state index in [1.165, 1.54) is 0 Å². The van der Waals surface area contributed by atoms with Crippen molar-refractivity contribution in [2.75, 3.05) is 0 Å². The molecule has 10 nitrogen and oxygen atoms in total. The fourth-order valence-corrected chi connectivity index (χ4v) is 13.7. The van der Waals surface area contributed by atoms with E-state index in [1.54, 1.807) is 0 Å². The summed E-state index contributed by atoms with van der Waals surface area (Å²) in [5.74, 6) is 0. The predicted octanol–water partition coefficient (Wildman–Crippen LogP) is 22.2. The molecule has 0 saturated heterocycles. The Hall–Kier alpha value is -13.7. The molecule has 0 aliphatic heterocycles. The van der Waals surface area contributed by atoms with Crippen LogP contribution >= 0.6 is 0 Å². The number of aromatic nitrogens is 10. The van der Waals surface area contributed by atoms with Crippen LogP contribution in [0.3, 0.4) is 0 Å². The molecule has 0 atom stereocenters. The van der Waals surface area contributed by atoms with Gasteiger partial charge in [-0.05, 0) is 150 Å². The smallest absolute Gasteiger partial charge is 0.0972 e. The lowest BCUT2D eigenvalue weighted by molar-refractivity contribution is 1.35. The largest absolute Gasteiger partial charge is 0.256 e. The van der Waals surface area contributed by atoms with E-state index in [1.807, 2.05) is 73.3 Å². The van der Waals surface area contributed by atoms with E-state index in [-0.39, 0.29) is 0 Å². The minimum atomic E-state index is 0.912. The van der Waals surface area contributed by atoms with Gasteiger partial charge in [-0.1, -0.05) is 176 Å². The molecule has 0 radical (unpaired) electrons. The van der Waals surface area contributed by atoms with Gasteiger partial charge in [0.25, 0.3) is 0 Å². The number of rotatable bonds is 8. The molecule has 10 aromatic heterocycles. The first-order valence-electron chi connectivity index (χ1n) is 33.3. The second-order valence-corrected chi connectivity index (χ2v) is 25.2. The normalized spacial score (nSPS) is 11.6. The van der Waals surface area contributed by atoms with Gasteiger partial charge in [-0.25, -0.2) is 29.9 Å². The van der Waals surface area contributed by atoms with Crippen molar-refractivity contribution >= 4 is 109 Å². The third-order valence-corrected chi connectivity index (χ3v) is 19.0. The molecular weight excluding hydrogens is 1220 g/mol. The number of hydrogen-bond donors (Lipinski definition) is 0. The van der Waals surface area contributed by atoms with Gasteiger partial charge in [0.15, 0.2) is 0 Å². The van der Waals surface area contributed by atoms with Crippen LogP contribution in [0.5, 0.6) is 0 Å². The van der Waals surface area contributed by atoms with Gasteiger partial charge in [0, 0.05) is 112 Å². The van der Waals surface area contributed by atoms with Gasteiger partial charge in [-0.15, -0.1) is 0 Å². The van der Waals surface area contributed by atoms with Crippen molar-refractivity contribution in [2.45, 2.75) is 0 Å². The maximum Gasteiger partial charge on any atom is 0.0972 e. The first-order valence-corrected chi connectivity index (χ1v) is 33.3. The van der Waals surface area contributed by atoms with Crippen LogP contribution < -0.4 is 0 Å². The summed E-state index contributed by atoms with van der Waals surface area (Å²) in [5, 5.41) is 10.9. The third kappa shape index (κ3) is 10.8. The average Bonchev–Trinajstić information content (AvgIpc) is 0.797. The molecule has 10 heterocycles. The zero-order valence-corrected chi connectivity index (χ0v) is 53.6. The molecule has 464 valence electrons. The summed E-state index contributed by atoms with van der Waals surface area (Å²) in [5.41, 5.74) is 25.8. The Labute approximate surface area is 573 Å². The molecule has 0 N–H and O–H groups in total. The summed E-state index contributed by atoms with van der Waals surface area (Å²) in [7, 11) is 0. The Morgan fingerprint density at radius 2 is 0.440 bits per heavy atom. The van der Waals surface area contributed by atoms with Crippen molar-refractivity contribution in [2.24, 2.45) is 0 Å². The molecule has 10 heteroatoms. The molecule has 10 aromatic carbocycles. The van der Waals surface area contributed by atoms with E-state index in [9.17, 15) is 0 Å². The molecule has 20 aromatic rings. The molecule has 0 aliphatic carbocycles. The summed E-state index contributed by atoms with van der Waals surface area (Å²) >= 11 is 0. The van der Waals surface area contributed by atoms with Crippen LogP contribution in [0.15, 0.2) is 328 Å². The number of pyridine rings is 10. The molecule has 20 rings (SSSR count). The number of para-hydroxylation sites is 2. The van der Waals surface area contributed by atoms with Crippen molar-refractivity contribution in [3.63, 3.8) is 0 Å². The maximum absolute atomic E-state index is 5.07. The van der Waals surface area contributed by atoms with Crippen molar-refractivity contribution in [1.29, 1.82) is 0 Å². The van der Waals surface area contributed by atoms with Crippen molar-refractivity contribution in [3.8, 4) is 89.8 Å². The lowest BCUT2D eigenvalue weighted by Crippen LogP contribution is -1.90. The molecule has 0 unspecified atom stereocenters. The number of benzene rings is 10. The van der Waals surface area contributed by atoms with Gasteiger partial charge in [-0.3, -0.25) is 19.9 Å². The van der Waals surface area contributed by atoms with Gasteiger partial charge >= 0.3 is 0 Å². The van der Waals surface area contributed by atoms with E-state index in [2.05, 4.69) is 275 Å². The van der Waals surface area contributed by atoms with Gasteiger partial charge in [0.1, 0.15) is 0 Å². The van der Waals surface area contributed by atoms with Crippen LogP contribution in [0.2, 0.25) is 0 Å². The van der Waals surface area contributed by atoms with Gasteiger partial charge in [-0.2, -0.15) is 0 Å². The van der Waals surface area contributed by atoms with Crippen molar-refractivity contribution in [3.05, 3.63) is 328 Å². The van der Waals surface area contributed by atoms with Crippen LogP contribution in [0.1, 0.15) is 0 Å². The summed E-state index contributed by atoms with van der Waals surface area (Å²) in [6.45, 7) is 0. The number of fused-ring (bicyclic) bond motifs is 12. The lowest BCUT2D eigenvalue weighted by atomic mass is 10.00. The Balaban J connectivity index is 0.000000139. The zero-order valence-electron chi connectivity index (χ0n) is 53.6. The molecule has 0 aliphatic rings. The Bertz CT molecular complexity index is 6690. The molecule has 100 heavy (non-hydrogen) atoms. The lowest BCUT2D eigenvalue weighted by Gasteiger charge is -2.10. The highest BCUT2D eigenvalue weighted by Crippen LogP contribution is 2.36. The first-order chi connectivity index (χ1) is 49.4. The van der Waals surface area contributed by atoms with Gasteiger partial charge < -0.3 is 0 Å². The molecular formula is C90H54N10. The Morgan fingerprint density at radius 3 is 0.850 bits per heavy atom. The number of hydrogen-bond acceptors (Lipinski definition) is 10. The van der Waals surface area contributed by atoms with Crippen molar-refractivity contribution in [1.82, 2.24) is 49.8 Å². The van der Waals surface area contributed by atoms with Crippen LogP contribution in [-0.2, 0) is 0 Å². The summed E-state index contributed by atoms with van der Waals surface area (Å²) in [6.07, 6.45) is 7.45. The molecule has 0 amide bonds. The minimum absolute atomic E-state index is 0.912. The minimum Gasteiger partial charge on any atom is -0.256 e. The fraction of sp³-hybridized carbons (Fsp3) is 0. The highest BCUT2D eigenvalue weighted by molar-refractivity contribution is 6.05. The van der Waals surface area contributed by atoms with E-state index >= 15 is 0 Å². The summed E-state index contributed by atoms with van der Waals surface area (Å²) in [4.78, 5) is 48.6. The first kappa shape index (κ1) is 57.7. The zero-order chi connectivity index (χ0) is 66.0.